The minimum absolute atomic E-state index is 0.0996. The molecular weight excluding hydrogens is 593 g/mol. The molecule has 0 saturated carbocycles. The average Bonchev–Trinajstić information content (AvgIpc) is 3.78. The van der Waals surface area contributed by atoms with Crippen molar-refractivity contribution in [3.63, 3.8) is 0 Å². The van der Waals surface area contributed by atoms with Crippen LogP contribution in [-0.4, -0.2) is 0 Å². The lowest BCUT2D eigenvalue weighted by atomic mass is 9.85. The lowest BCUT2D eigenvalue weighted by Crippen LogP contribution is -1.90. The van der Waals surface area contributed by atoms with Crippen molar-refractivity contribution >= 4 is 54.3 Å². The van der Waals surface area contributed by atoms with Gasteiger partial charge >= 0.3 is 0 Å². The molecule has 0 aliphatic heterocycles. The molecule has 10 aromatic rings. The fourth-order valence-electron chi connectivity index (χ4n) is 6.26. The number of hydrogen-bond acceptors (Lipinski definition) is 1. The maximum absolute atomic E-state index is 9.57. The van der Waals surface area contributed by atoms with E-state index in [4.69, 9.17) is 30.5 Å². The van der Waals surface area contributed by atoms with Crippen LogP contribution in [0.4, 0.5) is 0 Å². The van der Waals surface area contributed by atoms with E-state index in [0.29, 0.717) is 10.8 Å². The van der Waals surface area contributed by atoms with E-state index >= 15 is 0 Å². The van der Waals surface area contributed by atoms with Crippen LogP contribution in [0.15, 0.2) is 186 Å². The fraction of sp³-hybridized carbons (Fsp3) is 0. The number of furan rings is 1. The van der Waals surface area contributed by atoms with Gasteiger partial charge in [-0.05, 0) is 107 Å². The minimum atomic E-state index is -0.797. The van der Waals surface area contributed by atoms with Crippen LogP contribution in [0.5, 0.6) is 0 Å². The molecule has 0 atom stereocenters. The Bertz CT molecular complexity index is 4120. The molecule has 0 unspecified atom stereocenters. The molecule has 0 spiro atoms. The Hall–Kier alpha value is -6.44. The van der Waals surface area contributed by atoms with E-state index in [2.05, 4.69) is 0 Å². The third-order valence-corrected chi connectivity index (χ3v) is 8.37. The van der Waals surface area contributed by atoms with Crippen molar-refractivity contribution in [3.8, 4) is 44.5 Å². The zero-order chi connectivity index (χ0) is 53.2. The van der Waals surface area contributed by atoms with E-state index < -0.39 is 173 Å². The second-order valence-corrected chi connectivity index (χ2v) is 11.0. The Morgan fingerprint density at radius 1 is 0.367 bits per heavy atom. The van der Waals surface area contributed by atoms with Gasteiger partial charge in [0.15, 0.2) is 0 Å². The van der Waals surface area contributed by atoms with E-state index in [9.17, 15) is 6.85 Å². The number of fused-ring (bicyclic) bond motifs is 6. The molecule has 9 aromatic carbocycles. The predicted octanol–water partition coefficient (Wildman–Crippen LogP) is 13.7. The molecule has 0 aliphatic carbocycles. The van der Waals surface area contributed by atoms with Crippen LogP contribution in [-0.2, 0) is 0 Å². The summed E-state index contributed by atoms with van der Waals surface area (Å²) in [6, 6.07) is -7.81. The average molecular weight is 647 g/mol. The Labute approximate surface area is 318 Å². The van der Waals surface area contributed by atoms with E-state index in [1.54, 1.807) is 24.3 Å². The van der Waals surface area contributed by atoms with Crippen molar-refractivity contribution in [2.45, 2.75) is 0 Å². The Morgan fingerprint density at radius 2 is 0.918 bits per heavy atom. The van der Waals surface area contributed by atoms with Gasteiger partial charge in [-0.3, -0.25) is 0 Å². The maximum atomic E-state index is 9.57. The van der Waals surface area contributed by atoms with E-state index in [0.717, 1.165) is 0 Å². The van der Waals surface area contributed by atoms with Crippen LogP contribution in [0.1, 0.15) is 32.9 Å². The van der Waals surface area contributed by atoms with Crippen molar-refractivity contribution < 1.29 is 37.3 Å². The first-order valence-corrected chi connectivity index (χ1v) is 14.9. The number of rotatable bonds is 4. The summed E-state index contributed by atoms with van der Waals surface area (Å²) in [4.78, 5) is 0. The van der Waals surface area contributed by atoms with E-state index in [1.807, 2.05) is 0 Å². The second-order valence-electron chi connectivity index (χ2n) is 11.0. The third kappa shape index (κ3) is 4.47. The highest BCUT2D eigenvalue weighted by Gasteiger charge is 2.17. The minimum Gasteiger partial charge on any atom is -0.456 e. The smallest absolute Gasteiger partial charge is 0.136 e. The molecule has 0 amide bonds. The molecular formula is C48H30O. The topological polar surface area (TPSA) is 13.1 Å². The first-order chi connectivity index (χ1) is 34.3. The zero-order valence-electron chi connectivity index (χ0n) is 48.9. The standard InChI is InChI=1S/C48H30O/c1-3-12-31(13-4-1)38-20-11-21-45-48(38)43-30-36(26-27-44(43)49-45)34-22-23-35-29-37(25-24-33(35)28-34)47-41-18-9-7-16-39(41)46(32-14-5-2-6-15-32)40-17-8-10-19-42(40)47/h1-30H/i1D,2D,3D,4D,5D,6D,7D,8D,9D,10D,11D,12D,13D,14D,15D,16D,17D,18D,19D,20D,21D,26D,27D,30D. The zero-order valence-corrected chi connectivity index (χ0v) is 24.9. The van der Waals surface area contributed by atoms with Crippen LogP contribution in [0.2, 0.25) is 0 Å². The van der Waals surface area contributed by atoms with Crippen molar-refractivity contribution in [3.05, 3.63) is 181 Å². The first-order valence-electron chi connectivity index (χ1n) is 26.9. The van der Waals surface area contributed by atoms with Gasteiger partial charge in [-0.2, -0.15) is 0 Å². The summed E-state index contributed by atoms with van der Waals surface area (Å²) in [5.41, 5.74) is -2.62. The van der Waals surface area contributed by atoms with Crippen molar-refractivity contribution in [2.24, 2.45) is 0 Å². The molecule has 228 valence electrons. The highest BCUT2D eigenvalue weighted by atomic mass is 16.3. The van der Waals surface area contributed by atoms with Gasteiger partial charge in [-0.25, -0.2) is 0 Å². The summed E-state index contributed by atoms with van der Waals surface area (Å²) in [6.07, 6.45) is 0. The summed E-state index contributed by atoms with van der Waals surface area (Å²) < 4.78 is 217. The molecule has 1 heteroatoms. The first kappa shape index (κ1) is 12.9. The van der Waals surface area contributed by atoms with Gasteiger partial charge in [0.1, 0.15) is 11.2 Å². The lowest BCUT2D eigenvalue weighted by molar-refractivity contribution is 0.669. The normalized spacial score (nSPS) is 18.5. The van der Waals surface area contributed by atoms with Crippen molar-refractivity contribution in [1.29, 1.82) is 0 Å². The third-order valence-electron chi connectivity index (χ3n) is 8.37. The van der Waals surface area contributed by atoms with E-state index in [-0.39, 0.29) is 60.2 Å². The van der Waals surface area contributed by atoms with E-state index in [1.165, 1.54) is 12.1 Å². The van der Waals surface area contributed by atoms with Gasteiger partial charge in [0, 0.05) is 10.8 Å². The maximum Gasteiger partial charge on any atom is 0.136 e. The quantitative estimate of drug-likeness (QED) is 0.173. The molecule has 1 aromatic heterocycles. The monoisotopic (exact) mass is 646 g/mol. The Morgan fingerprint density at radius 3 is 1.57 bits per heavy atom. The summed E-state index contributed by atoms with van der Waals surface area (Å²) >= 11 is 0. The summed E-state index contributed by atoms with van der Waals surface area (Å²) in [6.45, 7) is 0. The molecule has 0 saturated heterocycles. The van der Waals surface area contributed by atoms with Crippen LogP contribution in [0.3, 0.4) is 0 Å². The van der Waals surface area contributed by atoms with Crippen LogP contribution in [0, 0.1) is 0 Å². The molecule has 0 bridgehead atoms. The lowest BCUT2D eigenvalue weighted by Gasteiger charge is -2.18. The second kappa shape index (κ2) is 11.1. The van der Waals surface area contributed by atoms with Gasteiger partial charge in [-0.15, -0.1) is 0 Å². The SMILES string of the molecule is [2H]c1c([2H])c([2H])c(-c2c3c([2H])c([2H])c([2H])c([2H])c3c(-c3ccc4cc(-c5c([2H])c([2H])c6oc7c([2H])c([2H])c([2H])c(-c8c([2H])c([2H])c([2H])c([2H])c8[2H])c7c6c5[2H])ccc4c3)c3c([2H])c([2H])c([2H])c([2H])c23)c([2H])c1[2H]. The Kier molecular flexibility index (Phi) is 2.91. The van der Waals surface area contributed by atoms with Crippen LogP contribution in [0.25, 0.3) is 98.8 Å². The molecule has 10 rings (SSSR count). The van der Waals surface area contributed by atoms with Crippen LogP contribution >= 0.6 is 0 Å². The van der Waals surface area contributed by atoms with Gasteiger partial charge in [-0.1, -0.05) is 151 Å². The van der Waals surface area contributed by atoms with Gasteiger partial charge < -0.3 is 4.42 Å². The highest BCUT2D eigenvalue weighted by Crippen LogP contribution is 2.44. The fourth-order valence-corrected chi connectivity index (χ4v) is 6.26. The molecule has 1 nitrogen and oxygen atoms in total. The molecule has 0 radical (unpaired) electrons. The van der Waals surface area contributed by atoms with Crippen LogP contribution < -0.4 is 0 Å². The molecule has 0 aliphatic rings. The van der Waals surface area contributed by atoms with Crippen molar-refractivity contribution in [1.82, 2.24) is 0 Å². The summed E-state index contributed by atoms with van der Waals surface area (Å²) in [5, 5.41) is -0.988. The number of benzene rings is 9. The molecule has 1 heterocycles. The van der Waals surface area contributed by atoms with Gasteiger partial charge in [0.2, 0.25) is 0 Å². The number of hydrogen-bond donors (Lipinski definition) is 0. The van der Waals surface area contributed by atoms with Gasteiger partial charge in [0.05, 0.1) is 32.9 Å². The van der Waals surface area contributed by atoms with Gasteiger partial charge in [0.25, 0.3) is 0 Å². The molecule has 0 N–H and O–H groups in total. The molecule has 0 fully saturated rings. The summed E-state index contributed by atoms with van der Waals surface area (Å²) in [7, 11) is 0. The molecule has 49 heavy (non-hydrogen) atoms. The largest absolute Gasteiger partial charge is 0.456 e. The van der Waals surface area contributed by atoms with Crippen molar-refractivity contribution in [2.75, 3.05) is 0 Å². The predicted molar refractivity (Wildman–Crippen MR) is 208 cm³/mol. The Balaban J connectivity index is 1.27. The summed E-state index contributed by atoms with van der Waals surface area (Å²) in [5.74, 6) is 0. The highest BCUT2D eigenvalue weighted by molar-refractivity contribution is 6.22.